The number of hydrogen-bond acceptors (Lipinski definition) is 5. The predicted octanol–water partition coefficient (Wildman–Crippen LogP) is 4.45. The van der Waals surface area contributed by atoms with Gasteiger partial charge in [0.15, 0.2) is 0 Å². The smallest absolute Gasteiger partial charge is 0.262 e. The van der Waals surface area contributed by atoms with E-state index in [1.54, 1.807) is 16.8 Å². The molecule has 0 spiro atoms. The van der Waals surface area contributed by atoms with Crippen LogP contribution in [-0.2, 0) is 11.3 Å². The minimum Gasteiger partial charge on any atom is -0.379 e. The highest BCUT2D eigenvalue weighted by molar-refractivity contribution is 6.00. The molecular formula is C24H27N5O2. The minimum absolute atomic E-state index is 0.0869. The summed E-state index contributed by atoms with van der Waals surface area (Å²) in [6.07, 6.45) is 2.63. The van der Waals surface area contributed by atoms with E-state index < -0.39 is 0 Å². The van der Waals surface area contributed by atoms with Crippen molar-refractivity contribution >= 4 is 34.0 Å². The number of rotatable bonds is 8. The lowest BCUT2D eigenvalue weighted by molar-refractivity contribution is 0.0748. The average molecular weight is 418 g/mol. The quantitative estimate of drug-likeness (QED) is 0.252. The van der Waals surface area contributed by atoms with E-state index >= 15 is 0 Å². The van der Waals surface area contributed by atoms with E-state index in [9.17, 15) is 4.79 Å². The van der Waals surface area contributed by atoms with E-state index in [-0.39, 0.29) is 11.7 Å². The van der Waals surface area contributed by atoms with E-state index in [4.69, 9.17) is 4.74 Å². The van der Waals surface area contributed by atoms with Crippen LogP contribution in [0, 0.1) is 6.92 Å². The number of hydrazone groups is 1. The van der Waals surface area contributed by atoms with Crippen LogP contribution < -0.4 is 11.0 Å². The molecular weight excluding hydrogens is 390 g/mol. The first-order chi connectivity index (χ1) is 15.0. The number of benzene rings is 2. The molecule has 0 aliphatic rings. The zero-order valence-electron chi connectivity index (χ0n) is 18.1. The van der Waals surface area contributed by atoms with E-state index in [0.29, 0.717) is 36.4 Å². The Morgan fingerprint density at radius 1 is 1.16 bits per heavy atom. The Kier molecular flexibility index (Phi) is 6.13. The Hall–Kier alpha value is -3.45. The summed E-state index contributed by atoms with van der Waals surface area (Å²) in [6.45, 7) is 7.08. The van der Waals surface area contributed by atoms with E-state index in [0.717, 1.165) is 22.2 Å². The molecule has 7 nitrogen and oxygen atoms in total. The molecule has 2 heterocycles. The molecule has 160 valence electrons. The predicted molar refractivity (Wildman–Crippen MR) is 126 cm³/mol. The van der Waals surface area contributed by atoms with Gasteiger partial charge in [-0.2, -0.15) is 5.10 Å². The van der Waals surface area contributed by atoms with Crippen molar-refractivity contribution in [3.63, 3.8) is 0 Å². The normalized spacial score (nSPS) is 11.9. The molecule has 0 saturated carbocycles. The number of anilines is 1. The molecule has 7 heteroatoms. The second kappa shape index (κ2) is 9.14. The van der Waals surface area contributed by atoms with Gasteiger partial charge in [0.05, 0.1) is 23.2 Å². The van der Waals surface area contributed by atoms with Crippen LogP contribution in [0.1, 0.15) is 31.5 Å². The summed E-state index contributed by atoms with van der Waals surface area (Å²) in [5.74, 6) is 0.419. The molecule has 0 aliphatic heterocycles. The topological polar surface area (TPSA) is 84.3 Å². The second-order valence-electron chi connectivity index (χ2n) is 7.76. The van der Waals surface area contributed by atoms with Crippen LogP contribution in [-0.4, -0.2) is 33.5 Å². The van der Waals surface area contributed by atoms with Gasteiger partial charge < -0.3 is 9.72 Å². The summed E-state index contributed by atoms with van der Waals surface area (Å²) in [7, 11) is 0. The lowest BCUT2D eigenvalue weighted by Gasteiger charge is -2.13. The summed E-state index contributed by atoms with van der Waals surface area (Å²) >= 11 is 0. The van der Waals surface area contributed by atoms with Gasteiger partial charge in [-0.15, -0.1) is 0 Å². The van der Waals surface area contributed by atoms with Gasteiger partial charge in [0.2, 0.25) is 5.95 Å². The fourth-order valence-electron chi connectivity index (χ4n) is 3.62. The number of nitrogens with one attached hydrogen (secondary N) is 2. The Morgan fingerprint density at radius 3 is 2.71 bits per heavy atom. The van der Waals surface area contributed by atoms with Crippen LogP contribution in [0.3, 0.4) is 0 Å². The minimum atomic E-state index is -0.0869. The van der Waals surface area contributed by atoms with Gasteiger partial charge in [-0.1, -0.05) is 30.3 Å². The maximum Gasteiger partial charge on any atom is 0.262 e. The summed E-state index contributed by atoms with van der Waals surface area (Å²) in [5, 5.41) is 6.10. The standard InChI is InChI=1S/C24H27N5O2/c1-16(2)31-14-8-13-29-23(30)19-10-5-7-12-22(19)27-24(29)28-25-15-20-17(3)26-21-11-6-4-9-18(20)21/h4-7,9-12,15-16,26H,8,13-14H2,1-3H3,(H,27,28)/b25-15+. The largest absolute Gasteiger partial charge is 0.379 e. The third-order valence-electron chi connectivity index (χ3n) is 5.14. The third kappa shape index (κ3) is 4.51. The number of aromatic amines is 1. The average Bonchev–Trinajstić information content (AvgIpc) is 3.08. The highest BCUT2D eigenvalue weighted by Crippen LogP contribution is 2.20. The maximum absolute atomic E-state index is 13.1. The molecule has 0 bridgehead atoms. The molecule has 4 rings (SSSR count). The Bertz CT molecular complexity index is 1290. The summed E-state index contributed by atoms with van der Waals surface area (Å²) < 4.78 is 7.26. The summed E-state index contributed by atoms with van der Waals surface area (Å²) in [4.78, 5) is 21.1. The number of nitrogens with zero attached hydrogens (tertiary/aromatic N) is 3. The highest BCUT2D eigenvalue weighted by atomic mass is 16.5. The molecule has 0 radical (unpaired) electrons. The van der Waals surface area contributed by atoms with Crippen molar-refractivity contribution in [3.8, 4) is 0 Å². The third-order valence-corrected chi connectivity index (χ3v) is 5.14. The zero-order valence-corrected chi connectivity index (χ0v) is 18.1. The molecule has 0 unspecified atom stereocenters. The van der Waals surface area contributed by atoms with Gasteiger partial charge in [-0.25, -0.2) is 10.4 Å². The number of hydrogen-bond donors (Lipinski definition) is 2. The summed E-state index contributed by atoms with van der Waals surface area (Å²) in [6, 6.07) is 15.4. The number of para-hydroxylation sites is 2. The van der Waals surface area contributed by atoms with Crippen molar-refractivity contribution in [3.05, 3.63) is 70.1 Å². The molecule has 2 aromatic carbocycles. The van der Waals surface area contributed by atoms with Crippen molar-refractivity contribution < 1.29 is 4.74 Å². The monoisotopic (exact) mass is 417 g/mol. The molecule has 4 aromatic rings. The van der Waals surface area contributed by atoms with Crippen molar-refractivity contribution in [1.82, 2.24) is 14.5 Å². The Morgan fingerprint density at radius 2 is 1.90 bits per heavy atom. The SMILES string of the molecule is Cc1[nH]c2ccccc2c1/C=N/Nc1nc2ccccc2c(=O)n1CCCOC(C)C. The summed E-state index contributed by atoms with van der Waals surface area (Å²) in [5.41, 5.74) is 6.64. The fraction of sp³-hybridized carbons (Fsp3) is 0.292. The van der Waals surface area contributed by atoms with Gasteiger partial charge in [-0.3, -0.25) is 9.36 Å². The van der Waals surface area contributed by atoms with Crippen LogP contribution in [0.5, 0.6) is 0 Å². The fourth-order valence-corrected chi connectivity index (χ4v) is 3.62. The molecule has 2 aromatic heterocycles. The van der Waals surface area contributed by atoms with Gasteiger partial charge in [0.1, 0.15) is 0 Å². The molecule has 31 heavy (non-hydrogen) atoms. The Labute approximate surface area is 180 Å². The van der Waals surface area contributed by atoms with E-state index in [1.807, 2.05) is 57.2 Å². The molecule has 0 fully saturated rings. The van der Waals surface area contributed by atoms with Gasteiger partial charge in [-0.05, 0) is 45.4 Å². The number of aryl methyl sites for hydroxylation is 1. The van der Waals surface area contributed by atoms with Crippen molar-refractivity contribution in [1.29, 1.82) is 0 Å². The Balaban J connectivity index is 1.63. The lowest BCUT2D eigenvalue weighted by Crippen LogP contribution is -2.25. The van der Waals surface area contributed by atoms with Gasteiger partial charge in [0.25, 0.3) is 5.56 Å². The van der Waals surface area contributed by atoms with Crippen LogP contribution in [0.2, 0.25) is 0 Å². The van der Waals surface area contributed by atoms with Crippen molar-refractivity contribution in [2.24, 2.45) is 5.10 Å². The molecule has 0 amide bonds. The maximum atomic E-state index is 13.1. The molecule has 0 aliphatic carbocycles. The molecule has 0 atom stereocenters. The van der Waals surface area contributed by atoms with Crippen molar-refractivity contribution in [2.45, 2.75) is 39.8 Å². The second-order valence-corrected chi connectivity index (χ2v) is 7.76. The van der Waals surface area contributed by atoms with Gasteiger partial charge in [0, 0.05) is 35.3 Å². The first-order valence-electron chi connectivity index (χ1n) is 10.5. The van der Waals surface area contributed by atoms with Crippen LogP contribution in [0.25, 0.3) is 21.8 Å². The first-order valence-corrected chi connectivity index (χ1v) is 10.5. The van der Waals surface area contributed by atoms with Gasteiger partial charge >= 0.3 is 0 Å². The zero-order chi connectivity index (χ0) is 21.8. The van der Waals surface area contributed by atoms with Crippen LogP contribution in [0.4, 0.5) is 5.95 Å². The van der Waals surface area contributed by atoms with Crippen molar-refractivity contribution in [2.75, 3.05) is 12.0 Å². The van der Waals surface area contributed by atoms with E-state index in [2.05, 4.69) is 26.6 Å². The molecule has 0 saturated heterocycles. The first kappa shape index (κ1) is 20.8. The number of ether oxygens (including phenoxy) is 1. The van der Waals surface area contributed by atoms with Crippen LogP contribution >= 0.6 is 0 Å². The van der Waals surface area contributed by atoms with E-state index in [1.165, 1.54) is 0 Å². The molecule has 2 N–H and O–H groups in total. The lowest BCUT2D eigenvalue weighted by atomic mass is 10.1. The van der Waals surface area contributed by atoms with Crippen LogP contribution in [0.15, 0.2) is 58.4 Å². The number of fused-ring (bicyclic) bond motifs is 2. The number of aromatic nitrogens is 3. The number of H-pyrrole nitrogens is 1. The highest BCUT2D eigenvalue weighted by Gasteiger charge is 2.11.